The van der Waals surface area contributed by atoms with Crippen molar-refractivity contribution in [2.45, 2.75) is 197 Å². The normalized spacial score (nSPS) is 30.1. The predicted octanol–water partition coefficient (Wildman–Crippen LogP) is 1.95. The van der Waals surface area contributed by atoms with Crippen LogP contribution in [0.2, 0.25) is 0 Å². The number of esters is 1. The van der Waals surface area contributed by atoms with Crippen LogP contribution in [-0.4, -0.2) is 139 Å². The quantitative estimate of drug-likeness (QED) is 0.0458. The molecule has 50 heavy (non-hydrogen) atoms. The summed E-state index contributed by atoms with van der Waals surface area (Å²) in [5, 5.41) is 86.3. The van der Waals surface area contributed by atoms with Gasteiger partial charge in [0, 0.05) is 6.42 Å². The predicted molar refractivity (Wildman–Crippen MR) is 185 cm³/mol. The van der Waals surface area contributed by atoms with Gasteiger partial charge in [-0.25, -0.2) is 0 Å². The zero-order valence-corrected chi connectivity index (χ0v) is 30.5. The second-order valence-corrected chi connectivity index (χ2v) is 13.7. The third kappa shape index (κ3) is 17.2. The zero-order valence-electron chi connectivity index (χ0n) is 30.5. The molecule has 2 heterocycles. The Morgan fingerprint density at radius 2 is 1.16 bits per heavy atom. The van der Waals surface area contributed by atoms with Crippen molar-refractivity contribution in [1.82, 2.24) is 0 Å². The zero-order chi connectivity index (χ0) is 37.4. The van der Waals surface area contributed by atoms with E-state index in [1.807, 2.05) is 0 Å². The van der Waals surface area contributed by atoms with Crippen molar-refractivity contribution >= 4 is 5.97 Å². The van der Waals surface area contributed by atoms with Crippen LogP contribution < -0.4 is 0 Å². The molecule has 9 N–H and O–H groups in total. The first-order chi connectivity index (χ1) is 24.0. The summed E-state index contributed by atoms with van der Waals surface area (Å²) in [6.07, 6.45) is 10.1. The van der Waals surface area contributed by atoms with Crippen molar-refractivity contribution < 1.29 is 69.7 Å². The van der Waals surface area contributed by atoms with E-state index in [-0.39, 0.29) is 12.6 Å². The van der Waals surface area contributed by atoms with E-state index < -0.39 is 80.7 Å². The number of rotatable bonds is 26. The highest BCUT2D eigenvalue weighted by Gasteiger charge is 2.58. The Hall–Kier alpha value is -1.01. The molecule has 0 aliphatic carbocycles. The van der Waals surface area contributed by atoms with E-state index in [0.29, 0.717) is 6.42 Å². The van der Waals surface area contributed by atoms with E-state index >= 15 is 0 Å². The van der Waals surface area contributed by atoms with Gasteiger partial charge >= 0.3 is 5.97 Å². The first-order valence-electron chi connectivity index (χ1n) is 19.1. The maximum absolute atomic E-state index is 11.6. The fraction of sp³-hybridized carbons (Fsp3) is 0.972. The van der Waals surface area contributed by atoms with E-state index in [0.717, 1.165) is 32.1 Å². The van der Waals surface area contributed by atoms with Crippen molar-refractivity contribution in [1.29, 1.82) is 0 Å². The van der Waals surface area contributed by atoms with Gasteiger partial charge in [-0.05, 0) is 12.8 Å². The highest BCUT2D eigenvalue weighted by molar-refractivity contribution is 5.69. The number of hydrogen-bond donors (Lipinski definition) is 9. The Kier molecular flexibility index (Phi) is 25.9. The number of unbranched alkanes of at least 4 members (excludes halogenated alkanes) is 15. The van der Waals surface area contributed by atoms with Gasteiger partial charge in [0.05, 0.1) is 19.3 Å². The Labute approximate surface area is 298 Å². The fourth-order valence-electron chi connectivity index (χ4n) is 6.06. The highest BCUT2D eigenvalue weighted by atomic mass is 16.8. The molecule has 0 spiro atoms. The number of aliphatic hydroxyl groups excluding tert-OH is 9. The molecule has 2 aliphatic rings. The van der Waals surface area contributed by atoms with Gasteiger partial charge in [-0.3, -0.25) is 4.79 Å². The summed E-state index contributed by atoms with van der Waals surface area (Å²) in [6.45, 7) is 2.21. The molecule has 10 atom stereocenters. The second kappa shape index (κ2) is 27.6. The van der Waals surface area contributed by atoms with Gasteiger partial charge in [0.15, 0.2) is 6.29 Å². The summed E-state index contributed by atoms with van der Waals surface area (Å²) < 4.78 is 20.6. The Balaban J connectivity index is 0.000000505. The lowest BCUT2D eigenvalue weighted by Gasteiger charge is -2.43. The topological polar surface area (TPSA) is 236 Å². The summed E-state index contributed by atoms with van der Waals surface area (Å²) in [5.74, 6) is -2.37. The molecule has 2 rings (SSSR count). The van der Waals surface area contributed by atoms with Crippen LogP contribution >= 0.6 is 0 Å². The molecule has 298 valence electrons. The number of ether oxygens (including phenoxy) is 4. The van der Waals surface area contributed by atoms with Crippen LogP contribution in [-0.2, 0) is 23.7 Å². The molecule has 0 saturated carbocycles. The molecule has 0 bridgehead atoms. The monoisotopic (exact) mass is 726 g/mol. The third-order valence-corrected chi connectivity index (χ3v) is 9.38. The van der Waals surface area contributed by atoms with Crippen molar-refractivity contribution in [3.8, 4) is 0 Å². The lowest BCUT2D eigenvalue weighted by atomic mass is 9.99. The second-order valence-electron chi connectivity index (χ2n) is 13.7. The largest absolute Gasteiger partial charge is 0.463 e. The summed E-state index contributed by atoms with van der Waals surface area (Å²) in [4.78, 5) is 11.6. The van der Waals surface area contributed by atoms with Crippen LogP contribution in [0.5, 0.6) is 0 Å². The summed E-state index contributed by atoms with van der Waals surface area (Å²) in [6, 6.07) is 0. The van der Waals surface area contributed by atoms with Gasteiger partial charge < -0.3 is 64.9 Å². The molecule has 0 aromatic heterocycles. The van der Waals surface area contributed by atoms with Crippen LogP contribution in [0.15, 0.2) is 0 Å². The van der Waals surface area contributed by atoms with Crippen LogP contribution in [0.25, 0.3) is 0 Å². The standard InChI is InChI=1S/C24H48O3.C12H22O11/c1-3-5-7-8-9-10-11-12-13-14-15-16-17-18-19-21-24(26)27-22-23(25)20-6-4-2;13-1-4-6(16)8(18)9(19)11(21-4)23-12(3-15)10(20)7(17)5(2-14)22-12/h23,25H,3-22H2,1-2H3;4-11,13-20H,1-3H2/t;4-,5-,6-,7-,8+,9-,10+,11-,12+/m.1/s1. The fourth-order valence-corrected chi connectivity index (χ4v) is 6.06. The number of carbonyl (C=O) groups is 1. The van der Waals surface area contributed by atoms with Crippen LogP contribution in [0.1, 0.15) is 136 Å². The van der Waals surface area contributed by atoms with Crippen molar-refractivity contribution in [2.75, 3.05) is 26.4 Å². The molecule has 14 nitrogen and oxygen atoms in total. The molecular weight excluding hydrogens is 656 g/mol. The maximum Gasteiger partial charge on any atom is 0.305 e. The van der Waals surface area contributed by atoms with Crippen molar-refractivity contribution in [3.63, 3.8) is 0 Å². The summed E-state index contributed by atoms with van der Waals surface area (Å²) in [7, 11) is 0. The molecule has 0 amide bonds. The Morgan fingerprint density at radius 3 is 1.62 bits per heavy atom. The Bertz CT molecular complexity index is 835. The molecule has 0 radical (unpaired) electrons. The van der Waals surface area contributed by atoms with E-state index in [1.165, 1.54) is 83.5 Å². The molecule has 2 aliphatic heterocycles. The van der Waals surface area contributed by atoms with Gasteiger partial charge in [-0.15, -0.1) is 0 Å². The van der Waals surface area contributed by atoms with Crippen LogP contribution in [0.4, 0.5) is 0 Å². The van der Waals surface area contributed by atoms with Gasteiger partial charge in [0.2, 0.25) is 5.79 Å². The highest BCUT2D eigenvalue weighted by Crippen LogP contribution is 2.36. The van der Waals surface area contributed by atoms with E-state index in [1.54, 1.807) is 0 Å². The van der Waals surface area contributed by atoms with E-state index in [4.69, 9.17) is 29.2 Å². The average Bonchev–Trinajstić information content (AvgIpc) is 3.36. The molecule has 0 aromatic rings. The van der Waals surface area contributed by atoms with Crippen molar-refractivity contribution in [3.05, 3.63) is 0 Å². The van der Waals surface area contributed by atoms with Gasteiger partial charge in [0.1, 0.15) is 55.9 Å². The summed E-state index contributed by atoms with van der Waals surface area (Å²) >= 11 is 0. The lowest BCUT2D eigenvalue weighted by Crippen LogP contribution is -2.62. The van der Waals surface area contributed by atoms with E-state index in [9.17, 15) is 40.5 Å². The SMILES string of the molecule is CCCCCCCCCCCCCCCCCC(=O)OCC(O)CCCC.OC[C@H]1O[C@@](CO)(O[C@H]2O[C@H](CO)[C@@H](O)[C@H](O)[C@H]2O)[C@@H](O)[C@@H]1O. The van der Waals surface area contributed by atoms with Crippen LogP contribution in [0.3, 0.4) is 0 Å². The summed E-state index contributed by atoms with van der Waals surface area (Å²) in [5.41, 5.74) is 0. The van der Waals surface area contributed by atoms with Gasteiger partial charge in [-0.2, -0.15) is 0 Å². The number of carbonyl (C=O) groups excluding carboxylic acids is 1. The third-order valence-electron chi connectivity index (χ3n) is 9.38. The minimum atomic E-state index is -2.22. The number of aliphatic hydroxyl groups is 9. The average molecular weight is 727 g/mol. The van der Waals surface area contributed by atoms with E-state index in [2.05, 4.69) is 13.8 Å². The molecule has 2 saturated heterocycles. The minimum absolute atomic E-state index is 0.153. The van der Waals surface area contributed by atoms with Gasteiger partial charge in [0.25, 0.3) is 0 Å². The lowest BCUT2D eigenvalue weighted by molar-refractivity contribution is -0.383. The molecule has 2 fully saturated rings. The smallest absolute Gasteiger partial charge is 0.305 e. The number of hydrogen-bond acceptors (Lipinski definition) is 14. The molecule has 0 aromatic carbocycles. The molecular formula is C36H70O14. The van der Waals surface area contributed by atoms with Gasteiger partial charge in [-0.1, -0.05) is 117 Å². The van der Waals surface area contributed by atoms with Crippen molar-refractivity contribution in [2.24, 2.45) is 0 Å². The maximum atomic E-state index is 11.6. The molecule has 1 unspecified atom stereocenters. The first-order valence-corrected chi connectivity index (χ1v) is 19.1. The minimum Gasteiger partial charge on any atom is -0.463 e. The Morgan fingerprint density at radius 1 is 0.660 bits per heavy atom. The van der Waals surface area contributed by atoms with Crippen LogP contribution in [0, 0.1) is 0 Å². The first kappa shape index (κ1) is 47.0. The molecule has 14 heteroatoms.